The van der Waals surface area contributed by atoms with E-state index in [0.29, 0.717) is 0 Å². The minimum atomic E-state index is -0.278. The summed E-state index contributed by atoms with van der Waals surface area (Å²) in [5.74, 6) is -0.266. The average Bonchev–Trinajstić information content (AvgIpc) is 2.45. The minimum Gasteiger partial charge on any atom is -0.467 e. The van der Waals surface area contributed by atoms with Gasteiger partial charge in [-0.15, -0.1) is 0 Å². The Hall–Kier alpha value is -0.570. The van der Waals surface area contributed by atoms with Gasteiger partial charge in [0.05, 0.1) is 13.2 Å². The zero-order valence-corrected chi connectivity index (χ0v) is 4.88. The van der Waals surface area contributed by atoms with Gasteiger partial charge in [0, 0.05) is 0 Å². The Labute approximate surface area is 47.6 Å². The monoisotopic (exact) mass is 116 g/mol. The maximum absolute atomic E-state index is 10.4. The smallest absolute Gasteiger partial charge is 0.337 e. The fraction of sp³-hybridized carbons (Fsp3) is 0.800. The van der Waals surface area contributed by atoms with E-state index in [0.717, 1.165) is 0 Å². The highest BCUT2D eigenvalue weighted by atomic mass is 16.6. The summed E-state index contributed by atoms with van der Waals surface area (Å²) in [7, 11) is 1.36. The van der Waals surface area contributed by atoms with Gasteiger partial charge in [-0.3, -0.25) is 0 Å². The van der Waals surface area contributed by atoms with Crippen LogP contribution in [-0.4, -0.2) is 25.3 Å². The first-order valence-corrected chi connectivity index (χ1v) is 2.49. The van der Waals surface area contributed by atoms with Crippen molar-refractivity contribution in [2.24, 2.45) is 0 Å². The molecule has 3 nitrogen and oxygen atoms in total. The zero-order valence-electron chi connectivity index (χ0n) is 4.88. The van der Waals surface area contributed by atoms with Crippen molar-refractivity contribution in [1.29, 1.82) is 0 Å². The van der Waals surface area contributed by atoms with Crippen LogP contribution in [0.1, 0.15) is 6.92 Å². The predicted molar refractivity (Wildman–Crippen MR) is 26.4 cm³/mol. The van der Waals surface area contributed by atoms with Gasteiger partial charge in [0.1, 0.15) is 0 Å². The number of epoxide rings is 1. The molecule has 0 saturated carbocycles. The van der Waals surface area contributed by atoms with Crippen LogP contribution in [0.15, 0.2) is 0 Å². The summed E-state index contributed by atoms with van der Waals surface area (Å²) in [4.78, 5) is 10.4. The lowest BCUT2D eigenvalue weighted by Crippen LogP contribution is -2.09. The molecule has 1 saturated heterocycles. The van der Waals surface area contributed by atoms with Gasteiger partial charge in [0.2, 0.25) is 0 Å². The van der Waals surface area contributed by atoms with E-state index in [2.05, 4.69) is 4.74 Å². The Morgan fingerprint density at radius 1 is 1.75 bits per heavy atom. The van der Waals surface area contributed by atoms with E-state index in [1.54, 1.807) is 0 Å². The summed E-state index contributed by atoms with van der Waals surface area (Å²) in [5, 5.41) is 0. The third kappa shape index (κ3) is 0.816. The first kappa shape index (κ1) is 5.56. The van der Waals surface area contributed by atoms with Crippen LogP contribution in [0.4, 0.5) is 0 Å². The molecule has 1 aliphatic rings. The van der Waals surface area contributed by atoms with Crippen LogP contribution < -0.4 is 0 Å². The van der Waals surface area contributed by atoms with Crippen LogP contribution in [0.3, 0.4) is 0 Å². The summed E-state index contributed by atoms with van der Waals surface area (Å²) >= 11 is 0. The molecular weight excluding hydrogens is 108 g/mol. The molecule has 0 spiro atoms. The number of hydrogen-bond acceptors (Lipinski definition) is 3. The van der Waals surface area contributed by atoms with Gasteiger partial charge in [-0.1, -0.05) is 0 Å². The SMILES string of the molecule is COC(=O)C1OC1C. The van der Waals surface area contributed by atoms with E-state index in [1.807, 2.05) is 6.92 Å². The van der Waals surface area contributed by atoms with Crippen LogP contribution in [0.2, 0.25) is 0 Å². The molecule has 0 aromatic heterocycles. The van der Waals surface area contributed by atoms with E-state index < -0.39 is 0 Å². The minimum absolute atomic E-state index is 0.0717. The number of hydrogen-bond donors (Lipinski definition) is 0. The molecule has 0 amide bonds. The average molecular weight is 116 g/mol. The predicted octanol–water partition coefficient (Wildman–Crippen LogP) is -0.0533. The second-order valence-electron chi connectivity index (χ2n) is 1.78. The Balaban J connectivity index is 2.28. The van der Waals surface area contributed by atoms with Crippen molar-refractivity contribution in [2.75, 3.05) is 7.11 Å². The standard InChI is InChI=1S/C5H8O3/c1-3-4(8-3)5(6)7-2/h3-4H,1-2H3. The van der Waals surface area contributed by atoms with Gasteiger partial charge in [-0.05, 0) is 6.92 Å². The van der Waals surface area contributed by atoms with Gasteiger partial charge in [0.25, 0.3) is 0 Å². The van der Waals surface area contributed by atoms with Gasteiger partial charge in [-0.2, -0.15) is 0 Å². The molecule has 0 N–H and O–H groups in total. The maximum atomic E-state index is 10.4. The molecule has 8 heavy (non-hydrogen) atoms. The number of carbonyl (C=O) groups excluding carboxylic acids is 1. The lowest BCUT2D eigenvalue weighted by atomic mass is 10.3. The molecule has 0 aromatic carbocycles. The molecule has 1 fully saturated rings. The van der Waals surface area contributed by atoms with Crippen molar-refractivity contribution in [3.8, 4) is 0 Å². The van der Waals surface area contributed by atoms with Crippen LogP contribution in [0.25, 0.3) is 0 Å². The third-order valence-corrected chi connectivity index (χ3v) is 1.14. The van der Waals surface area contributed by atoms with E-state index in [9.17, 15) is 4.79 Å². The highest BCUT2D eigenvalue weighted by Crippen LogP contribution is 2.21. The molecular formula is C5H8O3. The van der Waals surface area contributed by atoms with Gasteiger partial charge < -0.3 is 9.47 Å². The van der Waals surface area contributed by atoms with Crippen molar-refractivity contribution in [3.63, 3.8) is 0 Å². The number of methoxy groups -OCH3 is 1. The zero-order chi connectivity index (χ0) is 6.15. The first-order chi connectivity index (χ1) is 3.75. The molecule has 46 valence electrons. The van der Waals surface area contributed by atoms with Crippen molar-refractivity contribution in [2.45, 2.75) is 19.1 Å². The fourth-order valence-electron chi connectivity index (χ4n) is 0.549. The highest BCUT2D eigenvalue weighted by Gasteiger charge is 2.42. The van der Waals surface area contributed by atoms with Crippen LogP contribution in [0, 0.1) is 0 Å². The van der Waals surface area contributed by atoms with Gasteiger partial charge in [-0.25, -0.2) is 4.79 Å². The summed E-state index contributed by atoms with van der Waals surface area (Å²) in [6.07, 6.45) is -0.206. The highest BCUT2D eigenvalue weighted by molar-refractivity contribution is 5.77. The number of esters is 1. The Kier molecular flexibility index (Phi) is 1.21. The van der Waals surface area contributed by atoms with Gasteiger partial charge in [0.15, 0.2) is 6.10 Å². The topological polar surface area (TPSA) is 38.8 Å². The van der Waals surface area contributed by atoms with Crippen molar-refractivity contribution in [1.82, 2.24) is 0 Å². The Bertz CT molecular complexity index is 110. The lowest BCUT2D eigenvalue weighted by molar-refractivity contribution is -0.142. The Morgan fingerprint density at radius 2 is 2.25 bits per heavy atom. The molecule has 0 radical (unpaired) electrons. The van der Waals surface area contributed by atoms with E-state index in [1.165, 1.54) is 7.11 Å². The second-order valence-corrected chi connectivity index (χ2v) is 1.78. The molecule has 0 aliphatic carbocycles. The molecule has 2 atom stereocenters. The number of ether oxygens (including phenoxy) is 2. The summed E-state index contributed by atoms with van der Waals surface area (Å²) in [5.41, 5.74) is 0. The maximum Gasteiger partial charge on any atom is 0.337 e. The van der Waals surface area contributed by atoms with Crippen molar-refractivity contribution < 1.29 is 14.3 Å². The molecule has 2 unspecified atom stereocenters. The molecule has 1 aliphatic heterocycles. The fourth-order valence-corrected chi connectivity index (χ4v) is 0.549. The summed E-state index contributed by atoms with van der Waals surface area (Å²) in [6.45, 7) is 1.83. The lowest BCUT2D eigenvalue weighted by Gasteiger charge is -1.88. The number of rotatable bonds is 1. The largest absolute Gasteiger partial charge is 0.467 e. The second kappa shape index (κ2) is 1.74. The first-order valence-electron chi connectivity index (χ1n) is 2.49. The summed E-state index contributed by atoms with van der Waals surface area (Å²) < 4.78 is 9.18. The van der Waals surface area contributed by atoms with E-state index in [4.69, 9.17) is 4.74 Å². The third-order valence-electron chi connectivity index (χ3n) is 1.14. The molecule has 0 bridgehead atoms. The van der Waals surface area contributed by atoms with Crippen LogP contribution in [0.5, 0.6) is 0 Å². The molecule has 3 heteroatoms. The Morgan fingerprint density at radius 3 is 2.38 bits per heavy atom. The molecule has 0 aromatic rings. The molecule has 1 rings (SSSR count). The molecule has 1 heterocycles. The van der Waals surface area contributed by atoms with E-state index in [-0.39, 0.29) is 18.2 Å². The van der Waals surface area contributed by atoms with Crippen molar-refractivity contribution >= 4 is 5.97 Å². The van der Waals surface area contributed by atoms with Crippen molar-refractivity contribution in [3.05, 3.63) is 0 Å². The quantitative estimate of drug-likeness (QED) is 0.356. The summed E-state index contributed by atoms with van der Waals surface area (Å²) in [6, 6.07) is 0. The van der Waals surface area contributed by atoms with Crippen LogP contribution in [-0.2, 0) is 14.3 Å². The normalized spacial score (nSPS) is 34.2. The van der Waals surface area contributed by atoms with Crippen LogP contribution >= 0.6 is 0 Å². The van der Waals surface area contributed by atoms with E-state index >= 15 is 0 Å². The number of carbonyl (C=O) groups is 1. The van der Waals surface area contributed by atoms with Gasteiger partial charge >= 0.3 is 5.97 Å².